The Labute approximate surface area is 144 Å². The van der Waals surface area contributed by atoms with Crippen LogP contribution in [0, 0.1) is 0 Å². The Bertz CT molecular complexity index is 682. The van der Waals surface area contributed by atoms with Crippen LogP contribution in [0.2, 0.25) is 0 Å². The van der Waals surface area contributed by atoms with E-state index in [4.69, 9.17) is 9.84 Å². The van der Waals surface area contributed by atoms with E-state index >= 15 is 0 Å². The molecule has 0 aliphatic heterocycles. The van der Waals surface area contributed by atoms with Gasteiger partial charge in [-0.25, -0.2) is 4.79 Å². The van der Waals surface area contributed by atoms with Gasteiger partial charge in [0.25, 0.3) is 0 Å². The van der Waals surface area contributed by atoms with Crippen LogP contribution < -0.4 is 15.4 Å². The summed E-state index contributed by atoms with van der Waals surface area (Å²) in [6, 6.07) is 9.56. The highest BCUT2D eigenvalue weighted by Gasteiger charge is 2.05. The molecule has 3 N–H and O–H groups in total. The van der Waals surface area contributed by atoms with Crippen LogP contribution in [-0.2, 0) is 11.3 Å². The van der Waals surface area contributed by atoms with E-state index in [2.05, 4.69) is 10.6 Å². The second-order valence-electron chi connectivity index (χ2n) is 5.14. The van der Waals surface area contributed by atoms with Gasteiger partial charge in [-0.2, -0.15) is 0 Å². The van der Waals surface area contributed by atoms with E-state index in [1.54, 1.807) is 18.4 Å². The molecule has 0 atom stereocenters. The zero-order valence-electron chi connectivity index (χ0n) is 13.4. The molecule has 24 heavy (non-hydrogen) atoms. The van der Waals surface area contributed by atoms with Crippen molar-refractivity contribution >= 4 is 23.3 Å². The number of rotatable bonds is 8. The summed E-state index contributed by atoms with van der Waals surface area (Å²) in [6.45, 7) is 0.783. The number of ether oxygens (including phenoxy) is 1. The molecule has 1 heterocycles. The summed E-state index contributed by atoms with van der Waals surface area (Å²) in [5, 5.41) is 16.0. The van der Waals surface area contributed by atoms with E-state index in [1.165, 1.54) is 0 Å². The third-order valence-electron chi connectivity index (χ3n) is 3.35. The van der Waals surface area contributed by atoms with Crippen molar-refractivity contribution in [3.05, 3.63) is 40.6 Å². The molecule has 2 aromatic rings. The fraction of sp³-hybridized carbons (Fsp3) is 0.294. The number of amides is 2. The second-order valence-corrected chi connectivity index (χ2v) is 6.13. The largest absolute Gasteiger partial charge is 0.497 e. The third-order valence-corrected chi connectivity index (χ3v) is 4.29. The summed E-state index contributed by atoms with van der Waals surface area (Å²) in [5.41, 5.74) is 2.19. The maximum atomic E-state index is 11.6. The molecule has 0 saturated heterocycles. The lowest BCUT2D eigenvalue weighted by Crippen LogP contribution is -2.35. The number of nitrogens with one attached hydrogen (secondary N) is 2. The second kappa shape index (κ2) is 8.93. The monoisotopic (exact) mass is 348 g/mol. The number of aliphatic carboxylic acids is 1. The molecule has 0 unspecified atom stereocenters. The van der Waals surface area contributed by atoms with Gasteiger partial charge >= 0.3 is 12.0 Å². The van der Waals surface area contributed by atoms with E-state index in [0.29, 0.717) is 19.5 Å². The summed E-state index contributed by atoms with van der Waals surface area (Å²) < 4.78 is 5.14. The Morgan fingerprint density at radius 1 is 1.17 bits per heavy atom. The number of carboxylic acids is 1. The summed E-state index contributed by atoms with van der Waals surface area (Å²) in [4.78, 5) is 23.0. The lowest BCUT2D eigenvalue weighted by molar-refractivity contribution is -0.137. The summed E-state index contributed by atoms with van der Waals surface area (Å²) in [6.07, 6.45) is 0.472. The number of hydrogen-bond acceptors (Lipinski definition) is 4. The van der Waals surface area contributed by atoms with Crippen LogP contribution in [0.3, 0.4) is 0 Å². The SMILES string of the molecule is COc1ccc(-c2csc(CNC(=O)NCCCC(=O)O)c2)cc1. The number of carbonyl (C=O) groups excluding carboxylic acids is 1. The zero-order valence-corrected chi connectivity index (χ0v) is 14.2. The van der Waals surface area contributed by atoms with E-state index < -0.39 is 5.97 Å². The van der Waals surface area contributed by atoms with Crippen molar-refractivity contribution in [2.45, 2.75) is 19.4 Å². The van der Waals surface area contributed by atoms with Crippen molar-refractivity contribution in [3.63, 3.8) is 0 Å². The number of carboxylic acid groups (broad SMARTS) is 1. The number of thiophene rings is 1. The van der Waals surface area contributed by atoms with Crippen LogP contribution in [-0.4, -0.2) is 30.8 Å². The van der Waals surface area contributed by atoms with E-state index in [0.717, 1.165) is 21.8 Å². The standard InChI is InChI=1S/C17H20N2O4S/c1-23-14-6-4-12(5-7-14)13-9-15(24-11-13)10-19-17(22)18-8-2-3-16(20)21/h4-7,9,11H,2-3,8,10H2,1H3,(H,20,21)(H2,18,19,22). The quantitative estimate of drug-likeness (QED) is 0.640. The minimum absolute atomic E-state index is 0.0520. The Morgan fingerprint density at radius 3 is 2.58 bits per heavy atom. The van der Waals surface area contributed by atoms with Gasteiger partial charge in [-0.05, 0) is 41.1 Å². The maximum Gasteiger partial charge on any atom is 0.315 e. The van der Waals surface area contributed by atoms with Gasteiger partial charge < -0.3 is 20.5 Å². The molecule has 0 radical (unpaired) electrons. The molecule has 0 fully saturated rings. The molecule has 0 bridgehead atoms. The van der Waals surface area contributed by atoms with E-state index in [9.17, 15) is 9.59 Å². The van der Waals surface area contributed by atoms with Crippen LogP contribution in [0.5, 0.6) is 5.75 Å². The fourth-order valence-corrected chi connectivity index (χ4v) is 2.91. The molecule has 1 aromatic heterocycles. The molecular weight excluding hydrogens is 328 g/mol. The number of benzene rings is 1. The van der Waals surface area contributed by atoms with E-state index in [-0.39, 0.29) is 12.5 Å². The van der Waals surface area contributed by atoms with Crippen LogP contribution in [0.4, 0.5) is 4.79 Å². The van der Waals surface area contributed by atoms with Gasteiger partial charge in [-0.3, -0.25) is 4.79 Å². The van der Waals surface area contributed by atoms with Crippen molar-refractivity contribution in [1.29, 1.82) is 0 Å². The Morgan fingerprint density at radius 2 is 1.92 bits per heavy atom. The van der Waals surface area contributed by atoms with E-state index in [1.807, 2.05) is 35.7 Å². The summed E-state index contributed by atoms with van der Waals surface area (Å²) >= 11 is 1.58. The van der Waals surface area contributed by atoms with Gasteiger partial charge in [0.1, 0.15) is 5.75 Å². The minimum Gasteiger partial charge on any atom is -0.497 e. The molecule has 7 heteroatoms. The van der Waals surface area contributed by atoms with Crippen molar-refractivity contribution in [2.75, 3.05) is 13.7 Å². The predicted octanol–water partition coefficient (Wildman–Crippen LogP) is 3.09. The van der Waals surface area contributed by atoms with Gasteiger partial charge in [0.2, 0.25) is 0 Å². The molecule has 0 spiro atoms. The van der Waals surface area contributed by atoms with Crippen LogP contribution in [0.15, 0.2) is 35.7 Å². The molecular formula is C17H20N2O4S. The zero-order chi connectivity index (χ0) is 17.4. The van der Waals surface area contributed by atoms with Crippen LogP contribution in [0.25, 0.3) is 11.1 Å². The first kappa shape index (κ1) is 17.8. The highest BCUT2D eigenvalue weighted by molar-refractivity contribution is 7.10. The topological polar surface area (TPSA) is 87.7 Å². The molecule has 128 valence electrons. The summed E-state index contributed by atoms with van der Waals surface area (Å²) in [7, 11) is 1.64. The van der Waals surface area contributed by atoms with Crippen molar-refractivity contribution in [3.8, 4) is 16.9 Å². The Hall–Kier alpha value is -2.54. The average Bonchev–Trinajstić information content (AvgIpc) is 3.06. The van der Waals surface area contributed by atoms with Crippen molar-refractivity contribution < 1.29 is 19.4 Å². The van der Waals surface area contributed by atoms with Gasteiger partial charge in [0.05, 0.1) is 13.7 Å². The normalized spacial score (nSPS) is 10.2. The lowest BCUT2D eigenvalue weighted by Gasteiger charge is -2.05. The molecule has 0 aliphatic rings. The number of hydrogen-bond donors (Lipinski definition) is 3. The highest BCUT2D eigenvalue weighted by atomic mass is 32.1. The predicted molar refractivity (Wildman–Crippen MR) is 93.4 cm³/mol. The Kier molecular flexibility index (Phi) is 6.62. The first-order valence-corrected chi connectivity index (χ1v) is 8.42. The molecule has 1 aromatic carbocycles. The van der Waals surface area contributed by atoms with Crippen molar-refractivity contribution in [1.82, 2.24) is 10.6 Å². The maximum absolute atomic E-state index is 11.6. The smallest absolute Gasteiger partial charge is 0.315 e. The van der Waals surface area contributed by atoms with Gasteiger partial charge in [-0.1, -0.05) is 12.1 Å². The number of methoxy groups -OCH3 is 1. The first-order valence-electron chi connectivity index (χ1n) is 7.54. The van der Waals surface area contributed by atoms with Crippen molar-refractivity contribution in [2.24, 2.45) is 0 Å². The first-order chi connectivity index (χ1) is 11.6. The molecule has 6 nitrogen and oxygen atoms in total. The highest BCUT2D eigenvalue weighted by Crippen LogP contribution is 2.27. The fourth-order valence-electron chi connectivity index (χ4n) is 2.08. The average molecular weight is 348 g/mol. The number of carbonyl (C=O) groups is 2. The molecule has 0 aliphatic carbocycles. The third kappa shape index (κ3) is 5.58. The van der Waals surface area contributed by atoms with Gasteiger partial charge in [-0.15, -0.1) is 11.3 Å². The minimum atomic E-state index is -0.859. The van der Waals surface area contributed by atoms with Gasteiger partial charge in [0, 0.05) is 17.8 Å². The molecule has 0 saturated carbocycles. The van der Waals surface area contributed by atoms with Gasteiger partial charge in [0.15, 0.2) is 0 Å². The molecule has 2 amide bonds. The Balaban J connectivity index is 1.78. The lowest BCUT2D eigenvalue weighted by atomic mass is 10.1. The summed E-state index contributed by atoms with van der Waals surface area (Å²) in [5.74, 6) is -0.0442. The van der Waals surface area contributed by atoms with Crippen LogP contribution >= 0.6 is 11.3 Å². The number of urea groups is 1. The molecule has 2 rings (SSSR count). The van der Waals surface area contributed by atoms with Crippen LogP contribution in [0.1, 0.15) is 17.7 Å².